The number of halogens is 3. The van der Waals surface area contributed by atoms with E-state index in [9.17, 15) is 18.0 Å². The van der Waals surface area contributed by atoms with Crippen molar-refractivity contribution in [1.29, 1.82) is 0 Å². The maximum atomic E-state index is 13.0. The van der Waals surface area contributed by atoms with Crippen LogP contribution in [0.15, 0.2) is 30.0 Å². The third-order valence-electron chi connectivity index (χ3n) is 3.37. The molecule has 0 saturated heterocycles. The molecule has 0 spiro atoms. The molecular formula is C14H15F3N2O2. The number of carbonyl (C=O) groups excluding carboxylic acids is 1. The molecule has 0 aromatic carbocycles. The van der Waals surface area contributed by atoms with Crippen molar-refractivity contribution in [1.82, 2.24) is 4.98 Å². The van der Waals surface area contributed by atoms with Crippen LogP contribution in [0.25, 0.3) is 0 Å². The highest BCUT2D eigenvalue weighted by molar-refractivity contribution is 5.89. The molecule has 0 fully saturated rings. The number of esters is 1. The highest BCUT2D eigenvalue weighted by Crippen LogP contribution is 2.36. The van der Waals surface area contributed by atoms with Crippen LogP contribution in [-0.2, 0) is 15.7 Å². The van der Waals surface area contributed by atoms with E-state index in [2.05, 4.69) is 9.72 Å². The van der Waals surface area contributed by atoms with Crippen molar-refractivity contribution < 1.29 is 22.7 Å². The van der Waals surface area contributed by atoms with Gasteiger partial charge in [0.2, 0.25) is 0 Å². The Labute approximate surface area is 120 Å². The first-order chi connectivity index (χ1) is 9.84. The predicted molar refractivity (Wildman–Crippen MR) is 70.7 cm³/mol. The van der Waals surface area contributed by atoms with E-state index >= 15 is 0 Å². The van der Waals surface area contributed by atoms with Gasteiger partial charge in [-0.25, -0.2) is 9.78 Å². The Morgan fingerprint density at radius 3 is 2.76 bits per heavy atom. The molecule has 1 atom stereocenters. The summed E-state index contributed by atoms with van der Waals surface area (Å²) in [7, 11) is 1.28. The molecule has 114 valence electrons. The smallest absolute Gasteiger partial charge is 0.419 e. The largest absolute Gasteiger partial charge is 0.466 e. The maximum absolute atomic E-state index is 13.0. The number of ether oxygens (including phenoxy) is 1. The van der Waals surface area contributed by atoms with Gasteiger partial charge in [0.05, 0.1) is 12.7 Å². The second kappa shape index (κ2) is 5.75. The lowest BCUT2D eigenvalue weighted by atomic mass is 9.96. The Hall–Kier alpha value is -2.05. The van der Waals surface area contributed by atoms with Crippen LogP contribution in [0, 0.1) is 5.92 Å². The lowest BCUT2D eigenvalue weighted by Crippen LogP contribution is -2.37. The molecule has 0 bridgehead atoms. The first-order valence-electron chi connectivity index (χ1n) is 6.40. The number of hydrogen-bond donors (Lipinski definition) is 0. The molecule has 1 aliphatic rings. The van der Waals surface area contributed by atoms with Gasteiger partial charge in [0.1, 0.15) is 5.82 Å². The minimum absolute atomic E-state index is 0.114. The van der Waals surface area contributed by atoms with Crippen LogP contribution in [0.1, 0.15) is 12.5 Å². The first-order valence-corrected chi connectivity index (χ1v) is 6.40. The number of carbonyl (C=O) groups is 1. The topological polar surface area (TPSA) is 42.4 Å². The van der Waals surface area contributed by atoms with Crippen molar-refractivity contribution in [2.24, 2.45) is 5.92 Å². The summed E-state index contributed by atoms with van der Waals surface area (Å²) in [6, 6.07) is 2.27. The zero-order valence-corrected chi connectivity index (χ0v) is 11.6. The molecule has 1 unspecified atom stereocenters. The van der Waals surface area contributed by atoms with Crippen LogP contribution in [0.2, 0.25) is 0 Å². The maximum Gasteiger partial charge on any atom is 0.419 e. The van der Waals surface area contributed by atoms with Crippen molar-refractivity contribution in [2.75, 3.05) is 25.1 Å². The predicted octanol–water partition coefficient (Wildman–Crippen LogP) is 2.66. The molecule has 1 aromatic heterocycles. The number of methoxy groups -OCH3 is 1. The van der Waals surface area contributed by atoms with Crippen molar-refractivity contribution in [3.05, 3.63) is 35.5 Å². The number of aromatic nitrogens is 1. The Bertz CT molecular complexity index is 570. The molecule has 2 rings (SSSR count). The number of nitrogens with zero attached hydrogens (tertiary/aromatic N) is 2. The average molecular weight is 300 g/mol. The standard InChI is InChI=1S/C14H15F3N2O2/c1-9-8-19(7-5-10(9)13(20)21-2)12-11(14(15,16)17)4-3-6-18-12/h3-6,9H,7-8H2,1-2H3. The molecule has 4 nitrogen and oxygen atoms in total. The SMILES string of the molecule is COC(=O)C1=CCN(c2ncccc2C(F)(F)F)CC1C. The highest BCUT2D eigenvalue weighted by Gasteiger charge is 2.36. The molecule has 1 aliphatic heterocycles. The van der Waals surface area contributed by atoms with Gasteiger partial charge in [-0.3, -0.25) is 0 Å². The number of rotatable bonds is 2. The van der Waals surface area contributed by atoms with Crippen LogP contribution in [0.5, 0.6) is 0 Å². The Morgan fingerprint density at radius 1 is 1.48 bits per heavy atom. The van der Waals surface area contributed by atoms with Crippen molar-refractivity contribution in [2.45, 2.75) is 13.1 Å². The van der Waals surface area contributed by atoms with E-state index in [1.54, 1.807) is 13.0 Å². The number of hydrogen-bond acceptors (Lipinski definition) is 4. The summed E-state index contributed by atoms with van der Waals surface area (Å²) in [6.07, 6.45) is -1.54. The fourth-order valence-electron chi connectivity index (χ4n) is 2.36. The van der Waals surface area contributed by atoms with E-state index in [0.29, 0.717) is 5.57 Å². The minimum Gasteiger partial charge on any atom is -0.466 e. The van der Waals surface area contributed by atoms with Gasteiger partial charge in [-0.1, -0.05) is 13.0 Å². The Kier molecular flexibility index (Phi) is 4.20. The van der Waals surface area contributed by atoms with Crippen LogP contribution >= 0.6 is 0 Å². The zero-order valence-electron chi connectivity index (χ0n) is 11.6. The molecule has 0 aliphatic carbocycles. The molecular weight excluding hydrogens is 285 g/mol. The monoisotopic (exact) mass is 300 g/mol. The number of pyridine rings is 1. The van der Waals surface area contributed by atoms with Gasteiger partial charge >= 0.3 is 12.1 Å². The first kappa shape index (κ1) is 15.3. The summed E-state index contributed by atoms with van der Waals surface area (Å²) >= 11 is 0. The van der Waals surface area contributed by atoms with Crippen molar-refractivity contribution >= 4 is 11.8 Å². The zero-order chi connectivity index (χ0) is 15.6. The van der Waals surface area contributed by atoms with Gasteiger partial charge < -0.3 is 9.64 Å². The summed E-state index contributed by atoms with van der Waals surface area (Å²) in [5.74, 6) is -0.787. The lowest BCUT2D eigenvalue weighted by molar-refractivity contribution is -0.138. The summed E-state index contributed by atoms with van der Waals surface area (Å²) < 4.78 is 43.7. The third-order valence-corrected chi connectivity index (χ3v) is 3.37. The van der Waals surface area contributed by atoms with Gasteiger partial charge in [-0.05, 0) is 12.1 Å². The van der Waals surface area contributed by atoms with E-state index in [1.807, 2.05) is 0 Å². The fourth-order valence-corrected chi connectivity index (χ4v) is 2.36. The molecule has 0 saturated carbocycles. The third kappa shape index (κ3) is 3.17. The van der Waals surface area contributed by atoms with E-state index in [0.717, 1.165) is 6.07 Å². The molecule has 7 heteroatoms. The lowest BCUT2D eigenvalue weighted by Gasteiger charge is -2.32. The van der Waals surface area contributed by atoms with E-state index in [-0.39, 0.29) is 24.8 Å². The molecule has 21 heavy (non-hydrogen) atoms. The Balaban J connectivity index is 2.31. The molecule has 0 N–H and O–H groups in total. The quantitative estimate of drug-likeness (QED) is 0.788. The van der Waals surface area contributed by atoms with Crippen LogP contribution in [0.3, 0.4) is 0 Å². The van der Waals surface area contributed by atoms with Crippen LogP contribution in [-0.4, -0.2) is 31.2 Å². The van der Waals surface area contributed by atoms with Gasteiger partial charge in [-0.2, -0.15) is 13.2 Å². The van der Waals surface area contributed by atoms with E-state index in [1.165, 1.54) is 24.3 Å². The summed E-state index contributed by atoms with van der Waals surface area (Å²) in [4.78, 5) is 16.9. The Morgan fingerprint density at radius 2 is 2.19 bits per heavy atom. The van der Waals surface area contributed by atoms with Gasteiger partial charge in [0, 0.05) is 30.8 Å². The normalized spacial score (nSPS) is 19.2. The molecule has 1 aromatic rings. The second-order valence-corrected chi connectivity index (χ2v) is 4.83. The fraction of sp³-hybridized carbons (Fsp3) is 0.429. The molecule has 2 heterocycles. The molecule has 0 radical (unpaired) electrons. The average Bonchev–Trinajstić information content (AvgIpc) is 2.45. The van der Waals surface area contributed by atoms with Crippen LogP contribution in [0.4, 0.5) is 19.0 Å². The summed E-state index contributed by atoms with van der Waals surface area (Å²) in [6.45, 7) is 2.24. The summed E-state index contributed by atoms with van der Waals surface area (Å²) in [5, 5.41) is 0. The number of anilines is 1. The van der Waals surface area contributed by atoms with Gasteiger partial charge in [-0.15, -0.1) is 0 Å². The van der Waals surface area contributed by atoms with Crippen molar-refractivity contribution in [3.8, 4) is 0 Å². The second-order valence-electron chi connectivity index (χ2n) is 4.83. The highest BCUT2D eigenvalue weighted by atomic mass is 19.4. The number of alkyl halides is 3. The summed E-state index contributed by atoms with van der Waals surface area (Å²) in [5.41, 5.74) is -0.287. The van der Waals surface area contributed by atoms with E-state index in [4.69, 9.17) is 0 Å². The van der Waals surface area contributed by atoms with Crippen molar-refractivity contribution in [3.63, 3.8) is 0 Å². The molecule has 0 amide bonds. The minimum atomic E-state index is -4.46. The van der Waals surface area contributed by atoms with E-state index < -0.39 is 17.7 Å². The van der Waals surface area contributed by atoms with Crippen LogP contribution < -0.4 is 4.90 Å². The van der Waals surface area contributed by atoms with Gasteiger partial charge in [0.25, 0.3) is 0 Å². The van der Waals surface area contributed by atoms with Gasteiger partial charge in [0.15, 0.2) is 0 Å².